The fourth-order valence-corrected chi connectivity index (χ4v) is 7.18. The SMILES string of the molecule is CC(NC(=O)CCc1nc2sc3c(c2c(=O)[nH]1)CCCC3)C1CC2CCC1C2. The predicted molar refractivity (Wildman–Crippen MR) is 112 cm³/mol. The summed E-state index contributed by atoms with van der Waals surface area (Å²) in [4.78, 5) is 34.9. The summed E-state index contributed by atoms with van der Waals surface area (Å²) >= 11 is 1.66. The summed E-state index contributed by atoms with van der Waals surface area (Å²) < 4.78 is 0. The van der Waals surface area contributed by atoms with Crippen molar-refractivity contribution >= 4 is 27.5 Å². The second kappa shape index (κ2) is 7.29. The number of hydrogen-bond acceptors (Lipinski definition) is 4. The van der Waals surface area contributed by atoms with E-state index in [-0.39, 0.29) is 17.5 Å². The van der Waals surface area contributed by atoms with Crippen molar-refractivity contribution < 1.29 is 4.79 Å². The van der Waals surface area contributed by atoms with Crippen molar-refractivity contribution in [2.75, 3.05) is 0 Å². The van der Waals surface area contributed by atoms with Crippen LogP contribution in [0.2, 0.25) is 0 Å². The molecule has 150 valence electrons. The van der Waals surface area contributed by atoms with Crippen molar-refractivity contribution in [2.45, 2.75) is 77.2 Å². The van der Waals surface area contributed by atoms with Gasteiger partial charge in [0.1, 0.15) is 10.7 Å². The zero-order chi connectivity index (χ0) is 19.3. The van der Waals surface area contributed by atoms with E-state index in [2.05, 4.69) is 22.2 Å². The lowest BCUT2D eigenvalue weighted by atomic mass is 9.84. The molecule has 0 aliphatic heterocycles. The number of hydrogen-bond donors (Lipinski definition) is 2. The van der Waals surface area contributed by atoms with Gasteiger partial charge in [0.05, 0.1) is 5.39 Å². The summed E-state index contributed by atoms with van der Waals surface area (Å²) in [6.45, 7) is 2.16. The quantitative estimate of drug-likeness (QED) is 0.804. The van der Waals surface area contributed by atoms with E-state index < -0.39 is 0 Å². The van der Waals surface area contributed by atoms with Crippen LogP contribution in [0.1, 0.15) is 68.1 Å². The Labute approximate surface area is 169 Å². The van der Waals surface area contributed by atoms with Gasteiger partial charge in [-0.3, -0.25) is 9.59 Å². The number of carbonyl (C=O) groups is 1. The van der Waals surface area contributed by atoms with Crippen molar-refractivity contribution in [3.63, 3.8) is 0 Å². The van der Waals surface area contributed by atoms with E-state index in [1.54, 1.807) is 11.3 Å². The molecule has 2 N–H and O–H groups in total. The maximum atomic E-state index is 12.6. The van der Waals surface area contributed by atoms with Gasteiger partial charge in [-0.1, -0.05) is 6.42 Å². The molecule has 2 bridgehead atoms. The first-order valence-corrected chi connectivity index (χ1v) is 11.7. The molecule has 2 aromatic heterocycles. The summed E-state index contributed by atoms with van der Waals surface area (Å²) in [5.41, 5.74) is 1.18. The third kappa shape index (κ3) is 3.30. The first-order valence-electron chi connectivity index (χ1n) is 10.9. The second-order valence-electron chi connectivity index (χ2n) is 9.10. The molecule has 0 aromatic carbocycles. The normalized spacial score (nSPS) is 27.1. The Hall–Kier alpha value is -1.69. The molecule has 1 amide bonds. The van der Waals surface area contributed by atoms with Crippen LogP contribution in [0.3, 0.4) is 0 Å². The highest BCUT2D eigenvalue weighted by molar-refractivity contribution is 7.18. The van der Waals surface area contributed by atoms with Crippen LogP contribution in [0.15, 0.2) is 4.79 Å². The molecule has 28 heavy (non-hydrogen) atoms. The molecule has 2 fully saturated rings. The van der Waals surface area contributed by atoms with Crippen LogP contribution >= 0.6 is 11.3 Å². The number of rotatable bonds is 5. The van der Waals surface area contributed by atoms with E-state index in [1.165, 1.54) is 42.5 Å². The van der Waals surface area contributed by atoms with Crippen molar-refractivity contribution in [1.82, 2.24) is 15.3 Å². The number of aryl methyl sites for hydroxylation is 3. The first kappa shape index (κ1) is 18.3. The Morgan fingerprint density at radius 2 is 2.14 bits per heavy atom. The molecular formula is C22H29N3O2S. The molecular weight excluding hydrogens is 370 g/mol. The lowest BCUT2D eigenvalue weighted by Gasteiger charge is -2.28. The molecule has 3 aliphatic rings. The topological polar surface area (TPSA) is 74.8 Å². The standard InChI is InChI=1S/C22H29N3O2S/c1-12(16-11-13-6-7-14(16)10-13)23-19(26)9-8-18-24-21(27)20-15-4-2-3-5-17(15)28-22(20)25-18/h12-14,16H,2-11H2,1H3,(H,23,26)(H,24,25,27). The molecule has 6 heteroatoms. The molecule has 0 spiro atoms. The highest BCUT2D eigenvalue weighted by Crippen LogP contribution is 2.49. The van der Waals surface area contributed by atoms with Crippen molar-refractivity contribution in [3.8, 4) is 0 Å². The number of thiophene rings is 1. The zero-order valence-electron chi connectivity index (χ0n) is 16.6. The highest BCUT2D eigenvalue weighted by Gasteiger charge is 2.42. The summed E-state index contributed by atoms with van der Waals surface area (Å²) in [6, 6.07) is 0.251. The number of nitrogens with one attached hydrogen (secondary N) is 2. The number of aromatic nitrogens is 2. The summed E-state index contributed by atoms with van der Waals surface area (Å²) in [5.74, 6) is 3.06. The number of amides is 1. The minimum atomic E-state index is -0.0323. The Balaban J connectivity index is 1.23. The molecule has 4 unspecified atom stereocenters. The average molecular weight is 400 g/mol. The van der Waals surface area contributed by atoms with Gasteiger partial charge in [-0.2, -0.15) is 0 Å². The monoisotopic (exact) mass is 399 g/mol. The zero-order valence-corrected chi connectivity index (χ0v) is 17.4. The summed E-state index contributed by atoms with van der Waals surface area (Å²) in [7, 11) is 0. The molecule has 2 heterocycles. The van der Waals surface area contributed by atoms with Crippen LogP contribution in [0, 0.1) is 17.8 Å². The number of aromatic amines is 1. The summed E-state index contributed by atoms with van der Waals surface area (Å²) in [6.07, 6.45) is 10.6. The van der Waals surface area contributed by atoms with Gasteiger partial charge in [0, 0.05) is 23.8 Å². The second-order valence-corrected chi connectivity index (χ2v) is 10.2. The van der Waals surface area contributed by atoms with E-state index in [0.29, 0.717) is 24.6 Å². The van der Waals surface area contributed by atoms with Crippen LogP contribution in [0.4, 0.5) is 0 Å². The maximum absolute atomic E-state index is 12.6. The number of fused-ring (bicyclic) bond motifs is 5. The lowest BCUT2D eigenvalue weighted by Crippen LogP contribution is -2.40. The van der Waals surface area contributed by atoms with Gasteiger partial charge in [-0.05, 0) is 75.2 Å². The van der Waals surface area contributed by atoms with E-state index >= 15 is 0 Å². The number of carbonyl (C=O) groups excluding carboxylic acids is 1. The van der Waals surface area contributed by atoms with Gasteiger partial charge < -0.3 is 10.3 Å². The fourth-order valence-electron chi connectivity index (χ4n) is 5.90. The minimum Gasteiger partial charge on any atom is -0.353 e. The smallest absolute Gasteiger partial charge is 0.259 e. The molecule has 0 saturated heterocycles. The van der Waals surface area contributed by atoms with Gasteiger partial charge in [0.15, 0.2) is 0 Å². The number of H-pyrrole nitrogens is 1. The van der Waals surface area contributed by atoms with E-state index in [1.807, 2.05) is 0 Å². The Bertz CT molecular complexity index is 963. The van der Waals surface area contributed by atoms with Crippen LogP contribution in [-0.4, -0.2) is 21.9 Å². The third-order valence-electron chi connectivity index (χ3n) is 7.29. The first-order chi connectivity index (χ1) is 13.6. The highest BCUT2D eigenvalue weighted by atomic mass is 32.1. The molecule has 5 rings (SSSR count). The van der Waals surface area contributed by atoms with Crippen LogP contribution in [-0.2, 0) is 24.1 Å². The van der Waals surface area contributed by atoms with Gasteiger partial charge in [0.25, 0.3) is 5.56 Å². The van der Waals surface area contributed by atoms with Crippen molar-refractivity contribution in [1.29, 1.82) is 0 Å². The molecule has 3 aliphatic carbocycles. The van der Waals surface area contributed by atoms with Gasteiger partial charge >= 0.3 is 0 Å². The molecule has 4 atom stereocenters. The molecule has 2 aromatic rings. The lowest BCUT2D eigenvalue weighted by molar-refractivity contribution is -0.122. The number of nitrogens with zero attached hydrogens (tertiary/aromatic N) is 1. The van der Waals surface area contributed by atoms with Crippen molar-refractivity contribution in [3.05, 3.63) is 26.6 Å². The predicted octanol–water partition coefficient (Wildman–Crippen LogP) is 3.74. The van der Waals surface area contributed by atoms with Crippen LogP contribution in [0.5, 0.6) is 0 Å². The van der Waals surface area contributed by atoms with Gasteiger partial charge in [0.2, 0.25) is 5.91 Å². The third-order valence-corrected chi connectivity index (χ3v) is 8.47. The van der Waals surface area contributed by atoms with Crippen LogP contribution < -0.4 is 10.9 Å². The largest absolute Gasteiger partial charge is 0.353 e. The maximum Gasteiger partial charge on any atom is 0.259 e. The van der Waals surface area contributed by atoms with Gasteiger partial charge in [-0.15, -0.1) is 11.3 Å². The molecule has 0 radical (unpaired) electrons. The minimum absolute atomic E-state index is 0.0323. The molecule has 5 nitrogen and oxygen atoms in total. The summed E-state index contributed by atoms with van der Waals surface area (Å²) in [5, 5.41) is 4.00. The Kier molecular flexibility index (Phi) is 4.77. The van der Waals surface area contributed by atoms with Gasteiger partial charge in [-0.25, -0.2) is 4.98 Å². The Morgan fingerprint density at radius 3 is 2.93 bits per heavy atom. The Morgan fingerprint density at radius 1 is 1.29 bits per heavy atom. The van der Waals surface area contributed by atoms with E-state index in [0.717, 1.165) is 41.3 Å². The van der Waals surface area contributed by atoms with E-state index in [9.17, 15) is 9.59 Å². The van der Waals surface area contributed by atoms with Crippen LogP contribution in [0.25, 0.3) is 10.2 Å². The van der Waals surface area contributed by atoms with Crippen molar-refractivity contribution in [2.24, 2.45) is 17.8 Å². The fraction of sp³-hybridized carbons (Fsp3) is 0.682. The molecule has 2 saturated carbocycles. The van der Waals surface area contributed by atoms with E-state index in [4.69, 9.17) is 0 Å². The average Bonchev–Trinajstić information content (AvgIpc) is 3.39.